The molecule has 0 bridgehead atoms. The Hall–Kier alpha value is -1.02. The zero-order chi connectivity index (χ0) is 14.8. The first kappa shape index (κ1) is 15.4. The molecule has 2 N–H and O–H groups in total. The molecule has 0 spiro atoms. The molecule has 2 nitrogen and oxygen atoms in total. The number of nitrogens with two attached hydrogens (primary N) is 1. The molecule has 112 valence electrons. The van der Waals surface area contributed by atoms with Gasteiger partial charge in [-0.3, -0.25) is 0 Å². The molecule has 0 heterocycles. The first-order valence-corrected chi connectivity index (χ1v) is 7.87. The van der Waals surface area contributed by atoms with Gasteiger partial charge in [0, 0.05) is 5.92 Å². The number of hydrogen-bond donors (Lipinski definition) is 1. The second-order valence-corrected chi connectivity index (χ2v) is 7.35. The SMILES string of the molecule is CC1CCC(CN)C(Oc2cccc(C(C)(C)C)c2)C1. The third-order valence-corrected chi connectivity index (χ3v) is 4.48. The lowest BCUT2D eigenvalue weighted by atomic mass is 9.80. The van der Waals surface area contributed by atoms with E-state index >= 15 is 0 Å². The average molecular weight is 275 g/mol. The number of rotatable bonds is 3. The van der Waals surface area contributed by atoms with Crippen LogP contribution in [0.5, 0.6) is 5.75 Å². The van der Waals surface area contributed by atoms with Crippen molar-refractivity contribution >= 4 is 0 Å². The van der Waals surface area contributed by atoms with Crippen LogP contribution in [-0.2, 0) is 5.41 Å². The molecule has 1 saturated carbocycles. The standard InChI is InChI=1S/C18H29NO/c1-13-8-9-14(12-19)17(10-13)20-16-7-5-6-15(11-16)18(2,3)4/h5-7,11,13-14,17H,8-10,12,19H2,1-4H3. The largest absolute Gasteiger partial charge is 0.490 e. The highest BCUT2D eigenvalue weighted by Crippen LogP contribution is 2.32. The molecule has 0 radical (unpaired) electrons. The third-order valence-electron chi connectivity index (χ3n) is 4.48. The Balaban J connectivity index is 2.12. The van der Waals surface area contributed by atoms with Crippen LogP contribution in [0, 0.1) is 11.8 Å². The molecule has 3 unspecified atom stereocenters. The van der Waals surface area contributed by atoms with Gasteiger partial charge in [0.25, 0.3) is 0 Å². The Bertz CT molecular complexity index is 435. The molecule has 1 aliphatic carbocycles. The summed E-state index contributed by atoms with van der Waals surface area (Å²) in [5, 5.41) is 0. The second-order valence-electron chi connectivity index (χ2n) is 7.35. The van der Waals surface area contributed by atoms with Crippen molar-refractivity contribution in [3.05, 3.63) is 29.8 Å². The Labute approximate surface area is 123 Å². The fourth-order valence-electron chi connectivity index (χ4n) is 3.02. The van der Waals surface area contributed by atoms with E-state index < -0.39 is 0 Å². The minimum absolute atomic E-state index is 0.159. The Morgan fingerprint density at radius 1 is 1.25 bits per heavy atom. The highest BCUT2D eigenvalue weighted by Gasteiger charge is 2.29. The maximum Gasteiger partial charge on any atom is 0.120 e. The molecule has 0 saturated heterocycles. The molecule has 0 aliphatic heterocycles. The van der Waals surface area contributed by atoms with Gasteiger partial charge in [-0.15, -0.1) is 0 Å². The van der Waals surface area contributed by atoms with Crippen molar-refractivity contribution in [1.82, 2.24) is 0 Å². The predicted molar refractivity (Wildman–Crippen MR) is 85.1 cm³/mol. The quantitative estimate of drug-likeness (QED) is 0.900. The van der Waals surface area contributed by atoms with E-state index in [-0.39, 0.29) is 11.5 Å². The summed E-state index contributed by atoms with van der Waals surface area (Å²) < 4.78 is 6.29. The molecular formula is C18H29NO. The Kier molecular flexibility index (Phi) is 4.74. The minimum atomic E-state index is 0.159. The summed E-state index contributed by atoms with van der Waals surface area (Å²) >= 11 is 0. The summed E-state index contributed by atoms with van der Waals surface area (Å²) in [7, 11) is 0. The van der Waals surface area contributed by atoms with Crippen LogP contribution in [0.2, 0.25) is 0 Å². The monoisotopic (exact) mass is 275 g/mol. The van der Waals surface area contributed by atoms with E-state index in [0.717, 1.165) is 24.6 Å². The van der Waals surface area contributed by atoms with Crippen molar-refractivity contribution in [1.29, 1.82) is 0 Å². The van der Waals surface area contributed by atoms with Crippen molar-refractivity contribution < 1.29 is 4.74 Å². The molecule has 2 heteroatoms. The third kappa shape index (κ3) is 3.76. The first-order valence-electron chi connectivity index (χ1n) is 7.87. The van der Waals surface area contributed by atoms with Crippen molar-refractivity contribution in [3.8, 4) is 5.75 Å². The Morgan fingerprint density at radius 2 is 2.00 bits per heavy atom. The lowest BCUT2D eigenvalue weighted by molar-refractivity contribution is 0.0740. The van der Waals surface area contributed by atoms with Gasteiger partial charge in [-0.2, -0.15) is 0 Å². The smallest absolute Gasteiger partial charge is 0.120 e. The Morgan fingerprint density at radius 3 is 2.65 bits per heavy atom. The fraction of sp³-hybridized carbons (Fsp3) is 0.667. The molecule has 1 fully saturated rings. The molecule has 1 aromatic carbocycles. The molecular weight excluding hydrogens is 246 g/mol. The summed E-state index contributed by atoms with van der Waals surface area (Å²) in [5.41, 5.74) is 7.39. The van der Waals surface area contributed by atoms with Gasteiger partial charge in [-0.25, -0.2) is 0 Å². The highest BCUT2D eigenvalue weighted by molar-refractivity contribution is 5.32. The highest BCUT2D eigenvalue weighted by atomic mass is 16.5. The number of hydrogen-bond acceptors (Lipinski definition) is 2. The summed E-state index contributed by atoms with van der Waals surface area (Å²) in [5.74, 6) is 2.24. The van der Waals surface area contributed by atoms with Crippen molar-refractivity contribution in [2.45, 2.75) is 58.5 Å². The van der Waals surface area contributed by atoms with E-state index in [0.29, 0.717) is 5.92 Å². The normalized spacial score (nSPS) is 27.4. The van der Waals surface area contributed by atoms with Gasteiger partial charge in [-0.1, -0.05) is 46.2 Å². The van der Waals surface area contributed by atoms with Crippen LogP contribution >= 0.6 is 0 Å². The predicted octanol–water partition coefficient (Wildman–Crippen LogP) is 4.13. The minimum Gasteiger partial charge on any atom is -0.490 e. The van der Waals surface area contributed by atoms with Crippen LogP contribution in [0.25, 0.3) is 0 Å². The molecule has 1 aliphatic rings. The van der Waals surface area contributed by atoms with Crippen LogP contribution in [0.1, 0.15) is 52.5 Å². The van der Waals surface area contributed by atoms with Crippen LogP contribution in [0.4, 0.5) is 0 Å². The summed E-state index contributed by atoms with van der Waals surface area (Å²) in [6.07, 6.45) is 3.88. The van der Waals surface area contributed by atoms with Crippen molar-refractivity contribution in [3.63, 3.8) is 0 Å². The number of ether oxygens (including phenoxy) is 1. The van der Waals surface area contributed by atoms with Crippen LogP contribution < -0.4 is 10.5 Å². The van der Waals surface area contributed by atoms with E-state index in [4.69, 9.17) is 10.5 Å². The van der Waals surface area contributed by atoms with Gasteiger partial charge >= 0.3 is 0 Å². The van der Waals surface area contributed by atoms with Gasteiger partial charge < -0.3 is 10.5 Å². The molecule has 0 aromatic heterocycles. The van der Waals surface area contributed by atoms with E-state index in [1.54, 1.807) is 0 Å². The zero-order valence-electron chi connectivity index (χ0n) is 13.4. The van der Waals surface area contributed by atoms with Gasteiger partial charge in [0.1, 0.15) is 11.9 Å². The van der Waals surface area contributed by atoms with Crippen molar-refractivity contribution in [2.75, 3.05) is 6.54 Å². The summed E-state index contributed by atoms with van der Waals surface area (Å²) in [6.45, 7) is 9.75. The summed E-state index contributed by atoms with van der Waals surface area (Å²) in [4.78, 5) is 0. The maximum atomic E-state index is 6.29. The van der Waals surface area contributed by atoms with Gasteiger partial charge in [0.2, 0.25) is 0 Å². The van der Waals surface area contributed by atoms with Gasteiger partial charge in [0.05, 0.1) is 0 Å². The van der Waals surface area contributed by atoms with E-state index in [1.807, 2.05) is 0 Å². The van der Waals surface area contributed by atoms with Crippen LogP contribution in [-0.4, -0.2) is 12.6 Å². The van der Waals surface area contributed by atoms with Gasteiger partial charge in [-0.05, 0) is 48.4 Å². The molecule has 3 atom stereocenters. The molecule has 20 heavy (non-hydrogen) atoms. The zero-order valence-corrected chi connectivity index (χ0v) is 13.4. The molecule has 2 rings (SSSR count). The number of benzene rings is 1. The lowest BCUT2D eigenvalue weighted by Crippen LogP contribution is -2.37. The van der Waals surface area contributed by atoms with Gasteiger partial charge in [0.15, 0.2) is 0 Å². The van der Waals surface area contributed by atoms with Crippen LogP contribution in [0.15, 0.2) is 24.3 Å². The molecule has 1 aromatic rings. The maximum absolute atomic E-state index is 6.29. The lowest BCUT2D eigenvalue weighted by Gasteiger charge is -2.34. The first-order chi connectivity index (χ1) is 9.40. The van der Waals surface area contributed by atoms with E-state index in [1.165, 1.54) is 18.4 Å². The van der Waals surface area contributed by atoms with E-state index in [9.17, 15) is 0 Å². The fourth-order valence-corrected chi connectivity index (χ4v) is 3.02. The average Bonchev–Trinajstić information content (AvgIpc) is 2.38. The topological polar surface area (TPSA) is 35.2 Å². The van der Waals surface area contributed by atoms with Crippen molar-refractivity contribution in [2.24, 2.45) is 17.6 Å². The second kappa shape index (κ2) is 6.17. The molecule has 0 amide bonds. The summed E-state index contributed by atoms with van der Waals surface area (Å²) in [6, 6.07) is 8.53. The van der Waals surface area contributed by atoms with E-state index in [2.05, 4.69) is 52.0 Å². The van der Waals surface area contributed by atoms with Crippen LogP contribution in [0.3, 0.4) is 0 Å².